The van der Waals surface area contributed by atoms with Gasteiger partial charge in [0.05, 0.1) is 26.4 Å². The van der Waals surface area contributed by atoms with Crippen LogP contribution in [0.15, 0.2) is 0 Å². The van der Waals surface area contributed by atoms with E-state index in [0.29, 0.717) is 19.8 Å². The molecule has 1 aliphatic heterocycles. The highest BCUT2D eigenvalue weighted by atomic mass is 16.6. The van der Waals surface area contributed by atoms with Crippen molar-refractivity contribution in [2.45, 2.75) is 116 Å². The Morgan fingerprint density at radius 3 is 2.00 bits per heavy atom. The lowest BCUT2D eigenvalue weighted by Crippen LogP contribution is -3.15. The first-order chi connectivity index (χ1) is 14.4. The van der Waals surface area contributed by atoms with Gasteiger partial charge in [0.2, 0.25) is 0 Å². The first kappa shape index (κ1) is 27.4. The van der Waals surface area contributed by atoms with Crippen molar-refractivity contribution >= 4 is 5.97 Å². The van der Waals surface area contributed by atoms with E-state index in [1.165, 1.54) is 62.7 Å². The molecule has 5 nitrogen and oxygen atoms in total. The molecule has 30 heavy (non-hydrogen) atoms. The predicted octanol–water partition coefficient (Wildman–Crippen LogP) is 4.33. The zero-order valence-electron chi connectivity index (χ0n) is 20.4. The molecule has 0 aromatic carbocycles. The van der Waals surface area contributed by atoms with Gasteiger partial charge in [0.25, 0.3) is 0 Å². The standard InChI is InChI=1S/C25H49NO4/c1-5-6-7-8-9-10-11-12-13-14-19-28-21-22-29-20-18-26-17-15-16-23(26)24(27)30-25(2,3)4/h23H,5-22H2,1-4H3/p+1. The SMILES string of the molecule is CCCCCCCCCCCCOCCOCC[NH+]1CCCC1C(=O)OC(C)(C)C. The number of likely N-dealkylation sites (tertiary alicyclic amines) is 1. The van der Waals surface area contributed by atoms with Crippen molar-refractivity contribution in [1.29, 1.82) is 0 Å². The van der Waals surface area contributed by atoms with Crippen LogP contribution in [0, 0.1) is 0 Å². The van der Waals surface area contributed by atoms with Gasteiger partial charge < -0.3 is 19.1 Å². The molecule has 0 saturated carbocycles. The third-order valence-electron chi connectivity index (χ3n) is 5.76. The number of esters is 1. The molecular formula is C25H50NO4+. The molecule has 1 aliphatic rings. The van der Waals surface area contributed by atoms with Crippen molar-refractivity contribution in [1.82, 2.24) is 0 Å². The van der Waals surface area contributed by atoms with Gasteiger partial charge in [0.1, 0.15) is 12.1 Å². The van der Waals surface area contributed by atoms with E-state index in [1.54, 1.807) is 0 Å². The van der Waals surface area contributed by atoms with E-state index in [-0.39, 0.29) is 12.0 Å². The van der Waals surface area contributed by atoms with Crippen molar-refractivity contribution in [3.8, 4) is 0 Å². The quantitative estimate of drug-likeness (QED) is 0.261. The average molecular weight is 429 g/mol. The maximum atomic E-state index is 12.3. The first-order valence-electron chi connectivity index (χ1n) is 12.7. The number of hydrogen-bond donors (Lipinski definition) is 1. The molecule has 0 bridgehead atoms. The van der Waals surface area contributed by atoms with E-state index < -0.39 is 5.60 Å². The van der Waals surface area contributed by atoms with Crippen LogP contribution in [0.1, 0.15) is 105 Å². The van der Waals surface area contributed by atoms with Crippen LogP contribution in [0.5, 0.6) is 0 Å². The predicted molar refractivity (Wildman–Crippen MR) is 123 cm³/mol. The fraction of sp³-hybridized carbons (Fsp3) is 0.960. The molecule has 1 saturated heterocycles. The second-order valence-corrected chi connectivity index (χ2v) is 9.79. The Balaban J connectivity index is 1.89. The fourth-order valence-electron chi connectivity index (χ4n) is 4.09. The van der Waals surface area contributed by atoms with E-state index in [9.17, 15) is 4.79 Å². The van der Waals surface area contributed by atoms with E-state index in [2.05, 4.69) is 6.92 Å². The molecule has 1 N–H and O–H groups in total. The number of quaternary nitrogens is 1. The van der Waals surface area contributed by atoms with E-state index in [1.807, 2.05) is 20.8 Å². The smallest absolute Gasteiger partial charge is 0.365 e. The Kier molecular flexibility index (Phi) is 15.5. The first-order valence-corrected chi connectivity index (χ1v) is 12.7. The summed E-state index contributed by atoms with van der Waals surface area (Å²) < 4.78 is 17.0. The summed E-state index contributed by atoms with van der Waals surface area (Å²) in [7, 11) is 0. The second-order valence-electron chi connectivity index (χ2n) is 9.79. The van der Waals surface area contributed by atoms with Crippen molar-refractivity contribution in [3.63, 3.8) is 0 Å². The van der Waals surface area contributed by atoms with Crippen molar-refractivity contribution in [2.24, 2.45) is 0 Å². The van der Waals surface area contributed by atoms with Gasteiger partial charge in [-0.2, -0.15) is 0 Å². The van der Waals surface area contributed by atoms with Gasteiger partial charge in [-0.1, -0.05) is 64.7 Å². The highest BCUT2D eigenvalue weighted by molar-refractivity contribution is 5.74. The van der Waals surface area contributed by atoms with Crippen molar-refractivity contribution in [3.05, 3.63) is 0 Å². The molecule has 1 rings (SSSR count). The molecule has 178 valence electrons. The second kappa shape index (κ2) is 17.0. The summed E-state index contributed by atoms with van der Waals surface area (Å²) in [5.41, 5.74) is -0.410. The molecule has 0 aliphatic carbocycles. The van der Waals surface area contributed by atoms with Gasteiger partial charge in [0.15, 0.2) is 6.04 Å². The summed E-state index contributed by atoms with van der Waals surface area (Å²) in [6.07, 6.45) is 15.5. The van der Waals surface area contributed by atoms with Gasteiger partial charge in [-0.15, -0.1) is 0 Å². The minimum atomic E-state index is -0.410. The third kappa shape index (κ3) is 14.4. The summed E-state index contributed by atoms with van der Waals surface area (Å²) in [4.78, 5) is 13.6. The summed E-state index contributed by atoms with van der Waals surface area (Å²) >= 11 is 0. The van der Waals surface area contributed by atoms with Crippen molar-refractivity contribution in [2.75, 3.05) is 39.5 Å². The molecule has 2 unspecified atom stereocenters. The maximum Gasteiger partial charge on any atom is 0.365 e. The Bertz CT molecular complexity index is 422. The van der Waals surface area contributed by atoms with Crippen LogP contribution >= 0.6 is 0 Å². The van der Waals surface area contributed by atoms with Crippen LogP contribution in [0.3, 0.4) is 0 Å². The minimum Gasteiger partial charge on any atom is -0.456 e. The number of hydrogen-bond acceptors (Lipinski definition) is 4. The van der Waals surface area contributed by atoms with Gasteiger partial charge >= 0.3 is 5.97 Å². The molecule has 0 amide bonds. The van der Waals surface area contributed by atoms with Gasteiger partial charge in [0, 0.05) is 19.4 Å². The third-order valence-corrected chi connectivity index (χ3v) is 5.76. The average Bonchev–Trinajstić information content (AvgIpc) is 3.15. The molecule has 5 heteroatoms. The summed E-state index contributed by atoms with van der Waals surface area (Å²) in [5, 5.41) is 0. The molecule has 2 atom stereocenters. The number of nitrogens with one attached hydrogen (secondary N) is 1. The lowest BCUT2D eigenvalue weighted by molar-refractivity contribution is -0.904. The van der Waals surface area contributed by atoms with E-state index in [4.69, 9.17) is 14.2 Å². The number of unbranched alkanes of at least 4 members (excludes halogenated alkanes) is 9. The molecule has 0 aromatic rings. The lowest BCUT2D eigenvalue weighted by Gasteiger charge is -2.25. The normalized spacial score (nSPS) is 19.3. The topological polar surface area (TPSA) is 49.2 Å². The van der Waals surface area contributed by atoms with Gasteiger partial charge in [-0.25, -0.2) is 4.79 Å². The Morgan fingerprint density at radius 2 is 1.40 bits per heavy atom. The molecule has 0 spiro atoms. The lowest BCUT2D eigenvalue weighted by atomic mass is 10.1. The van der Waals surface area contributed by atoms with Gasteiger partial charge in [-0.05, 0) is 27.2 Å². The number of carbonyl (C=O) groups excluding carboxylic acids is 1. The zero-order chi connectivity index (χ0) is 22.1. The van der Waals surface area contributed by atoms with E-state index >= 15 is 0 Å². The maximum absolute atomic E-state index is 12.3. The van der Waals surface area contributed by atoms with Crippen molar-refractivity contribution < 1.29 is 23.9 Å². The Morgan fingerprint density at radius 1 is 0.833 bits per heavy atom. The Labute approximate surface area is 186 Å². The number of carbonyl (C=O) groups is 1. The highest BCUT2D eigenvalue weighted by Crippen LogP contribution is 2.12. The van der Waals surface area contributed by atoms with Crippen LogP contribution in [0.2, 0.25) is 0 Å². The van der Waals surface area contributed by atoms with E-state index in [0.717, 1.165) is 39.0 Å². The highest BCUT2D eigenvalue weighted by Gasteiger charge is 2.37. The summed E-state index contributed by atoms with van der Waals surface area (Å²) in [6, 6.07) is -0.0274. The number of ether oxygens (including phenoxy) is 3. The monoisotopic (exact) mass is 428 g/mol. The molecular weight excluding hydrogens is 378 g/mol. The summed E-state index contributed by atoms with van der Waals surface area (Å²) in [6.45, 7) is 12.8. The fourth-order valence-corrected chi connectivity index (χ4v) is 4.09. The van der Waals surface area contributed by atoms with Crippen LogP contribution in [-0.2, 0) is 19.0 Å². The van der Waals surface area contributed by atoms with Crippen LogP contribution in [-0.4, -0.2) is 57.1 Å². The largest absolute Gasteiger partial charge is 0.456 e. The summed E-state index contributed by atoms with van der Waals surface area (Å²) in [5.74, 6) is -0.0603. The Hall–Kier alpha value is -0.650. The van der Waals surface area contributed by atoms with Crippen LogP contribution < -0.4 is 4.90 Å². The number of rotatable bonds is 18. The molecule has 1 fully saturated rings. The zero-order valence-corrected chi connectivity index (χ0v) is 20.4. The van der Waals surface area contributed by atoms with Crippen LogP contribution in [0.4, 0.5) is 0 Å². The minimum absolute atomic E-state index is 0.0274. The molecule has 1 heterocycles. The molecule has 0 aromatic heterocycles. The van der Waals surface area contributed by atoms with Gasteiger partial charge in [-0.3, -0.25) is 0 Å². The van der Waals surface area contributed by atoms with Crippen LogP contribution in [0.25, 0.3) is 0 Å². The molecule has 0 radical (unpaired) electrons.